The lowest BCUT2D eigenvalue weighted by molar-refractivity contribution is 0.0972. The van der Waals surface area contributed by atoms with E-state index >= 15 is 0 Å². The van der Waals surface area contributed by atoms with Crippen molar-refractivity contribution in [1.29, 1.82) is 0 Å². The zero-order valence-corrected chi connectivity index (χ0v) is 9.57. The minimum Gasteiger partial charge on any atom is -0.287 e. The molecule has 0 saturated heterocycles. The number of carbonyl (C=O) groups excluding carboxylic acids is 2. The zero-order valence-electron chi connectivity index (χ0n) is 9.57. The Morgan fingerprint density at radius 3 is 2.22 bits per heavy atom. The highest BCUT2D eigenvalue weighted by Gasteiger charge is 2.37. The molecule has 5 nitrogen and oxygen atoms in total. The summed E-state index contributed by atoms with van der Waals surface area (Å²) in [5.74, 6) is -1.50. The van der Waals surface area contributed by atoms with Gasteiger partial charge in [-0.3, -0.25) is 9.59 Å². The van der Waals surface area contributed by atoms with Crippen LogP contribution in [-0.4, -0.2) is 21.9 Å². The molecule has 0 unspecified atom stereocenters. The highest BCUT2D eigenvalue weighted by molar-refractivity contribution is 6.27. The molecule has 1 aliphatic rings. The molecule has 2 aromatic rings. The van der Waals surface area contributed by atoms with Gasteiger partial charge in [-0.05, 0) is 41.4 Å². The number of nitrogens with zero attached hydrogens (tertiary/aromatic N) is 2. The van der Waals surface area contributed by atoms with E-state index in [9.17, 15) is 14.0 Å². The molecule has 0 N–H and O–H groups in total. The van der Waals surface area contributed by atoms with Crippen LogP contribution in [0.1, 0.15) is 43.2 Å². The first-order chi connectivity index (χ1) is 8.52. The summed E-state index contributed by atoms with van der Waals surface area (Å²) in [4.78, 5) is 24.3. The van der Waals surface area contributed by atoms with Crippen LogP contribution in [-0.2, 0) is 0 Å². The third-order valence-electron chi connectivity index (χ3n) is 3.09. The Hall–Kier alpha value is -2.37. The highest BCUT2D eigenvalue weighted by Crippen LogP contribution is 2.31. The Morgan fingerprint density at radius 1 is 1.06 bits per heavy atom. The summed E-state index contributed by atoms with van der Waals surface area (Å²) >= 11 is 0. The number of rotatable bonds is 0. The summed E-state index contributed by atoms with van der Waals surface area (Å²) in [6.45, 7) is 3.03. The summed E-state index contributed by atoms with van der Waals surface area (Å²) in [5, 5.41) is 6.84. The van der Waals surface area contributed by atoms with E-state index in [0.717, 1.165) is 0 Å². The predicted molar refractivity (Wildman–Crippen MR) is 57.0 cm³/mol. The minimum atomic E-state index is -0.527. The Kier molecular flexibility index (Phi) is 1.98. The third kappa shape index (κ3) is 1.14. The molecule has 0 spiro atoms. The number of aryl methyl sites for hydroxylation is 1. The van der Waals surface area contributed by atoms with Crippen molar-refractivity contribution in [3.8, 4) is 0 Å². The summed E-state index contributed by atoms with van der Waals surface area (Å²) in [7, 11) is 0. The molecule has 0 amide bonds. The molecular weight excluding hydrogens is 239 g/mol. The second kappa shape index (κ2) is 3.32. The van der Waals surface area contributed by atoms with Gasteiger partial charge < -0.3 is 0 Å². The Balaban J connectivity index is 2.43. The molecule has 0 radical (unpaired) electrons. The molecule has 1 aromatic carbocycles. The molecule has 0 aliphatic heterocycles. The maximum absolute atomic E-state index is 13.6. The average Bonchev–Trinajstić information content (AvgIpc) is 2.80. The minimum absolute atomic E-state index is 0.0562. The van der Waals surface area contributed by atoms with Gasteiger partial charge >= 0.3 is 0 Å². The van der Waals surface area contributed by atoms with Gasteiger partial charge in [0.05, 0.1) is 0 Å². The molecule has 90 valence electrons. The molecule has 0 saturated carbocycles. The van der Waals surface area contributed by atoms with Crippen LogP contribution in [0.15, 0.2) is 10.7 Å². The van der Waals surface area contributed by atoms with E-state index in [2.05, 4.69) is 14.9 Å². The van der Waals surface area contributed by atoms with Gasteiger partial charge in [0.15, 0.2) is 11.4 Å². The molecule has 18 heavy (non-hydrogen) atoms. The molecular formula is C12H7FN2O3. The third-order valence-corrected chi connectivity index (χ3v) is 3.09. The number of halogens is 1. The first kappa shape index (κ1) is 10.8. The molecule has 6 heteroatoms. The van der Waals surface area contributed by atoms with E-state index < -0.39 is 17.4 Å². The summed E-state index contributed by atoms with van der Waals surface area (Å²) in [6, 6.07) is 1.23. The molecule has 1 aromatic heterocycles. The van der Waals surface area contributed by atoms with Gasteiger partial charge in [-0.1, -0.05) is 0 Å². The fourth-order valence-electron chi connectivity index (χ4n) is 2.17. The maximum Gasteiger partial charge on any atom is 0.218 e. The van der Waals surface area contributed by atoms with Crippen LogP contribution in [0, 0.1) is 19.7 Å². The Bertz CT molecular complexity index is 718. The fraction of sp³-hybridized carbons (Fsp3) is 0.167. The van der Waals surface area contributed by atoms with Gasteiger partial charge in [0.1, 0.15) is 5.82 Å². The van der Waals surface area contributed by atoms with E-state index in [0.29, 0.717) is 5.56 Å². The number of hydrogen-bond donors (Lipinski definition) is 0. The Morgan fingerprint density at radius 2 is 1.61 bits per heavy atom. The highest BCUT2D eigenvalue weighted by atomic mass is 19.1. The predicted octanol–water partition coefficient (Wildman–Crippen LogP) is 1.60. The lowest BCUT2D eigenvalue weighted by Gasteiger charge is -2.16. The molecule has 0 fully saturated rings. The van der Waals surface area contributed by atoms with Crippen molar-refractivity contribution in [2.75, 3.05) is 0 Å². The van der Waals surface area contributed by atoms with Crippen LogP contribution in [0.4, 0.5) is 4.39 Å². The van der Waals surface area contributed by atoms with E-state index in [1.54, 1.807) is 6.92 Å². The topological polar surface area (TPSA) is 73.1 Å². The quantitative estimate of drug-likeness (QED) is 0.602. The standard InChI is InChI=1S/C12H7FN2O3/c1-4-3-6(13)5(2)8-7(4)11(16)9-10(12(8)17)15-18-14-9/h3H,1-2H3. The lowest BCUT2D eigenvalue weighted by Crippen LogP contribution is -2.24. The van der Waals surface area contributed by atoms with Crippen molar-refractivity contribution < 1.29 is 18.6 Å². The largest absolute Gasteiger partial charge is 0.287 e. The van der Waals surface area contributed by atoms with Crippen LogP contribution in [0.3, 0.4) is 0 Å². The van der Waals surface area contributed by atoms with E-state index in [4.69, 9.17) is 0 Å². The maximum atomic E-state index is 13.6. The van der Waals surface area contributed by atoms with Crippen LogP contribution < -0.4 is 0 Å². The van der Waals surface area contributed by atoms with Gasteiger partial charge in [-0.2, -0.15) is 0 Å². The van der Waals surface area contributed by atoms with Gasteiger partial charge in [-0.25, -0.2) is 9.02 Å². The average molecular weight is 246 g/mol. The second-order valence-corrected chi connectivity index (χ2v) is 4.17. The summed E-state index contributed by atoms with van der Waals surface area (Å²) in [6.07, 6.45) is 0. The smallest absolute Gasteiger partial charge is 0.218 e. The van der Waals surface area contributed by atoms with Crippen LogP contribution in [0.25, 0.3) is 0 Å². The summed E-state index contributed by atoms with van der Waals surface area (Å²) in [5.41, 5.74) is 0.521. The monoisotopic (exact) mass is 246 g/mol. The first-order valence-corrected chi connectivity index (χ1v) is 5.24. The van der Waals surface area contributed by atoms with Crippen molar-refractivity contribution in [3.05, 3.63) is 45.5 Å². The van der Waals surface area contributed by atoms with E-state index in [1.807, 2.05) is 0 Å². The number of hydrogen-bond acceptors (Lipinski definition) is 5. The van der Waals surface area contributed by atoms with Crippen LogP contribution in [0.2, 0.25) is 0 Å². The SMILES string of the molecule is Cc1cc(F)c(C)c2c1C(=O)c1nonc1C2=O. The molecule has 1 heterocycles. The number of aromatic nitrogens is 2. The fourth-order valence-corrected chi connectivity index (χ4v) is 2.17. The van der Waals surface area contributed by atoms with Crippen LogP contribution >= 0.6 is 0 Å². The van der Waals surface area contributed by atoms with Crippen LogP contribution in [0.5, 0.6) is 0 Å². The van der Waals surface area contributed by atoms with Gasteiger partial charge in [0, 0.05) is 11.1 Å². The number of benzene rings is 1. The van der Waals surface area contributed by atoms with E-state index in [1.165, 1.54) is 13.0 Å². The molecule has 3 rings (SSSR count). The number of carbonyl (C=O) groups is 2. The van der Waals surface area contributed by atoms with Crippen molar-refractivity contribution in [2.45, 2.75) is 13.8 Å². The second-order valence-electron chi connectivity index (χ2n) is 4.17. The van der Waals surface area contributed by atoms with Gasteiger partial charge in [0.2, 0.25) is 11.6 Å². The first-order valence-electron chi connectivity index (χ1n) is 5.24. The van der Waals surface area contributed by atoms with Gasteiger partial charge in [0.25, 0.3) is 0 Å². The number of ketones is 2. The number of fused-ring (bicyclic) bond motifs is 2. The van der Waals surface area contributed by atoms with Crippen molar-refractivity contribution in [1.82, 2.24) is 10.3 Å². The molecule has 0 atom stereocenters. The lowest BCUT2D eigenvalue weighted by atomic mass is 9.84. The normalized spacial score (nSPS) is 13.5. The van der Waals surface area contributed by atoms with E-state index in [-0.39, 0.29) is 28.1 Å². The van der Waals surface area contributed by atoms with Crippen molar-refractivity contribution in [2.24, 2.45) is 0 Å². The molecule has 1 aliphatic carbocycles. The van der Waals surface area contributed by atoms with Crippen molar-refractivity contribution in [3.63, 3.8) is 0 Å². The van der Waals surface area contributed by atoms with Crippen molar-refractivity contribution >= 4 is 11.6 Å². The summed E-state index contributed by atoms with van der Waals surface area (Å²) < 4.78 is 18.1. The van der Waals surface area contributed by atoms with Gasteiger partial charge in [-0.15, -0.1) is 0 Å². The Labute approximate surface area is 101 Å². The molecule has 0 bridgehead atoms. The zero-order chi connectivity index (χ0) is 13.0.